The van der Waals surface area contributed by atoms with E-state index in [2.05, 4.69) is 10.6 Å². The zero-order valence-electron chi connectivity index (χ0n) is 10.9. The fraction of sp³-hybridized carbons (Fsp3) is 0.0667. The number of hydrogen-bond donors (Lipinski definition) is 2. The Hall–Kier alpha value is -2.04. The number of carbonyl (C=O) groups is 2. The van der Waals surface area contributed by atoms with Crippen molar-refractivity contribution in [2.75, 3.05) is 11.9 Å². The van der Waals surface area contributed by atoms with Crippen molar-refractivity contribution in [1.29, 1.82) is 0 Å². The summed E-state index contributed by atoms with van der Waals surface area (Å²) < 4.78 is 0. The molecule has 0 fully saturated rings. The van der Waals surface area contributed by atoms with Gasteiger partial charge in [0.2, 0.25) is 5.91 Å². The zero-order valence-corrected chi connectivity index (χ0v) is 12.4. The Morgan fingerprint density at radius 1 is 0.952 bits per heavy atom. The van der Waals surface area contributed by atoms with Crippen molar-refractivity contribution >= 4 is 40.7 Å². The summed E-state index contributed by atoms with van der Waals surface area (Å²) in [4.78, 5) is 23.6. The van der Waals surface area contributed by atoms with Gasteiger partial charge in [0.1, 0.15) is 0 Å². The first kappa shape index (κ1) is 15.4. The molecule has 0 saturated heterocycles. The van der Waals surface area contributed by atoms with Gasteiger partial charge < -0.3 is 10.6 Å². The Kier molecular flexibility index (Phi) is 5.20. The fourth-order valence-corrected chi connectivity index (χ4v) is 1.99. The number of halogens is 2. The van der Waals surface area contributed by atoms with E-state index in [1.165, 1.54) is 0 Å². The van der Waals surface area contributed by atoms with Gasteiger partial charge in [-0.25, -0.2) is 0 Å². The first-order valence-electron chi connectivity index (χ1n) is 6.15. The third kappa shape index (κ3) is 4.21. The summed E-state index contributed by atoms with van der Waals surface area (Å²) in [5, 5.41) is 5.73. The molecule has 0 heterocycles. The number of nitrogens with one attached hydrogen (secondary N) is 2. The zero-order chi connectivity index (χ0) is 15.2. The lowest BCUT2D eigenvalue weighted by molar-refractivity contribution is -0.115. The number of rotatable bonds is 4. The first-order valence-corrected chi connectivity index (χ1v) is 6.90. The van der Waals surface area contributed by atoms with Crippen molar-refractivity contribution in [2.45, 2.75) is 0 Å². The van der Waals surface area contributed by atoms with Gasteiger partial charge >= 0.3 is 0 Å². The maximum absolute atomic E-state index is 11.8. The topological polar surface area (TPSA) is 58.2 Å². The van der Waals surface area contributed by atoms with Gasteiger partial charge in [-0.1, -0.05) is 47.5 Å². The molecule has 4 nitrogen and oxygen atoms in total. The van der Waals surface area contributed by atoms with E-state index < -0.39 is 0 Å². The van der Waals surface area contributed by atoms with Crippen LogP contribution in [0.3, 0.4) is 0 Å². The molecule has 2 N–H and O–H groups in total. The minimum atomic E-state index is -0.386. The number of carbonyl (C=O) groups excluding carboxylic acids is 2. The summed E-state index contributed by atoms with van der Waals surface area (Å²) in [6.45, 7) is -0.156. The Morgan fingerprint density at radius 2 is 1.67 bits per heavy atom. The smallest absolute Gasteiger partial charge is 0.251 e. The van der Waals surface area contributed by atoms with Crippen LogP contribution in [0, 0.1) is 0 Å². The lowest BCUT2D eigenvalue weighted by atomic mass is 10.2. The van der Waals surface area contributed by atoms with Gasteiger partial charge in [-0.2, -0.15) is 0 Å². The van der Waals surface area contributed by atoms with Gasteiger partial charge in [-0.05, 0) is 24.3 Å². The molecule has 0 bridgehead atoms. The Balaban J connectivity index is 1.91. The normalized spacial score (nSPS) is 10.0. The average Bonchev–Trinajstić information content (AvgIpc) is 2.50. The van der Waals surface area contributed by atoms with Crippen LogP contribution in [0.25, 0.3) is 0 Å². The molecule has 6 heteroatoms. The molecule has 0 aliphatic rings. The average molecular weight is 323 g/mol. The van der Waals surface area contributed by atoms with Crippen molar-refractivity contribution in [1.82, 2.24) is 5.32 Å². The highest BCUT2D eigenvalue weighted by atomic mass is 35.5. The van der Waals surface area contributed by atoms with Crippen molar-refractivity contribution < 1.29 is 9.59 Å². The minimum absolute atomic E-state index is 0.156. The van der Waals surface area contributed by atoms with Crippen LogP contribution in [0.5, 0.6) is 0 Å². The van der Waals surface area contributed by atoms with E-state index >= 15 is 0 Å². The maximum atomic E-state index is 11.8. The van der Waals surface area contributed by atoms with Gasteiger partial charge in [-0.3, -0.25) is 9.59 Å². The van der Waals surface area contributed by atoms with E-state index in [1.54, 1.807) is 42.5 Å². The fourth-order valence-electron chi connectivity index (χ4n) is 1.65. The van der Waals surface area contributed by atoms with Crippen LogP contribution in [0.1, 0.15) is 10.4 Å². The molecule has 0 aliphatic carbocycles. The Morgan fingerprint density at radius 3 is 2.38 bits per heavy atom. The van der Waals surface area contributed by atoms with Crippen LogP contribution in [0.2, 0.25) is 10.0 Å². The largest absolute Gasteiger partial charge is 0.343 e. The molecule has 0 saturated carbocycles. The molecule has 2 rings (SSSR count). The van der Waals surface area contributed by atoms with Crippen molar-refractivity contribution in [3.63, 3.8) is 0 Å². The number of anilines is 1. The van der Waals surface area contributed by atoms with Crippen LogP contribution in [-0.4, -0.2) is 18.4 Å². The van der Waals surface area contributed by atoms with E-state index in [-0.39, 0.29) is 23.4 Å². The van der Waals surface area contributed by atoms with Crippen LogP contribution in [0.15, 0.2) is 48.5 Å². The lowest BCUT2D eigenvalue weighted by Crippen LogP contribution is -2.32. The van der Waals surface area contributed by atoms with E-state index in [9.17, 15) is 9.59 Å². The van der Waals surface area contributed by atoms with E-state index in [0.29, 0.717) is 16.3 Å². The highest BCUT2D eigenvalue weighted by molar-refractivity contribution is 6.44. The maximum Gasteiger partial charge on any atom is 0.251 e. The minimum Gasteiger partial charge on any atom is -0.343 e. The predicted octanol–water partition coefficient (Wildman–Crippen LogP) is 3.36. The summed E-state index contributed by atoms with van der Waals surface area (Å²) in [5.74, 6) is -0.702. The van der Waals surface area contributed by atoms with Gasteiger partial charge in [-0.15, -0.1) is 0 Å². The van der Waals surface area contributed by atoms with Crippen molar-refractivity contribution in [3.05, 3.63) is 64.1 Å². The molecular weight excluding hydrogens is 311 g/mol. The monoisotopic (exact) mass is 322 g/mol. The van der Waals surface area contributed by atoms with Crippen molar-refractivity contribution in [2.24, 2.45) is 0 Å². The van der Waals surface area contributed by atoms with Crippen LogP contribution in [-0.2, 0) is 4.79 Å². The molecule has 108 valence electrons. The molecule has 0 aromatic heterocycles. The molecular formula is C15H12Cl2N2O2. The lowest BCUT2D eigenvalue weighted by Gasteiger charge is -2.09. The first-order chi connectivity index (χ1) is 10.1. The Bertz CT molecular complexity index is 660. The second kappa shape index (κ2) is 7.11. The standard InChI is InChI=1S/C15H12Cl2N2O2/c16-11-7-4-8-12(14(11)17)19-13(20)9-18-15(21)10-5-2-1-3-6-10/h1-8H,9H2,(H,18,21)(H,19,20). The van der Waals surface area contributed by atoms with Crippen LogP contribution < -0.4 is 10.6 Å². The van der Waals surface area contributed by atoms with Gasteiger partial charge in [0.15, 0.2) is 0 Å². The second-order valence-electron chi connectivity index (χ2n) is 4.20. The van der Waals surface area contributed by atoms with Crippen molar-refractivity contribution in [3.8, 4) is 0 Å². The highest BCUT2D eigenvalue weighted by Gasteiger charge is 2.10. The van der Waals surface area contributed by atoms with Gasteiger partial charge in [0.05, 0.1) is 22.3 Å². The summed E-state index contributed by atoms with van der Waals surface area (Å²) in [6.07, 6.45) is 0. The third-order valence-corrected chi connectivity index (χ3v) is 3.49. The van der Waals surface area contributed by atoms with Crippen LogP contribution in [0.4, 0.5) is 5.69 Å². The van der Waals surface area contributed by atoms with Gasteiger partial charge in [0, 0.05) is 5.56 Å². The molecule has 2 aromatic carbocycles. The second-order valence-corrected chi connectivity index (χ2v) is 4.98. The highest BCUT2D eigenvalue weighted by Crippen LogP contribution is 2.29. The molecule has 0 atom stereocenters. The summed E-state index contributed by atoms with van der Waals surface area (Å²) >= 11 is 11.8. The molecule has 0 spiro atoms. The summed E-state index contributed by atoms with van der Waals surface area (Å²) in [5.41, 5.74) is 0.897. The summed E-state index contributed by atoms with van der Waals surface area (Å²) in [6, 6.07) is 13.6. The quantitative estimate of drug-likeness (QED) is 0.906. The Labute approximate surface area is 132 Å². The van der Waals surface area contributed by atoms with Gasteiger partial charge in [0.25, 0.3) is 5.91 Å². The molecule has 2 amide bonds. The number of hydrogen-bond acceptors (Lipinski definition) is 2. The number of benzene rings is 2. The molecule has 0 aliphatic heterocycles. The SMILES string of the molecule is O=C(CNC(=O)c1ccccc1)Nc1cccc(Cl)c1Cl. The number of amides is 2. The summed E-state index contributed by atoms with van der Waals surface area (Å²) in [7, 11) is 0. The molecule has 21 heavy (non-hydrogen) atoms. The van der Waals surface area contributed by atoms with Crippen LogP contribution >= 0.6 is 23.2 Å². The predicted molar refractivity (Wildman–Crippen MR) is 83.9 cm³/mol. The van der Waals surface area contributed by atoms with E-state index in [0.717, 1.165) is 0 Å². The molecule has 2 aromatic rings. The van der Waals surface area contributed by atoms with E-state index in [4.69, 9.17) is 23.2 Å². The molecule has 0 unspecified atom stereocenters. The van der Waals surface area contributed by atoms with E-state index in [1.807, 2.05) is 6.07 Å². The molecule has 0 radical (unpaired) electrons. The third-order valence-electron chi connectivity index (χ3n) is 2.67.